The van der Waals surface area contributed by atoms with Crippen LogP contribution in [-0.2, 0) is 0 Å². The summed E-state index contributed by atoms with van der Waals surface area (Å²) in [5, 5.41) is 21.8. The Morgan fingerprint density at radius 1 is 1.29 bits per heavy atom. The third-order valence-corrected chi connectivity index (χ3v) is 6.81. The summed E-state index contributed by atoms with van der Waals surface area (Å²) in [4.78, 5) is 17.3. The molecule has 2 aromatic rings. The largest absolute Gasteiger partial charge is 0.392 e. The number of carbonyl (C=O) groups excluding carboxylic acids is 1. The number of hydrogen-bond donors (Lipinski definition) is 2. The number of allylic oxidation sites excluding steroid dienone is 1. The summed E-state index contributed by atoms with van der Waals surface area (Å²) in [6.07, 6.45) is 4.88. The van der Waals surface area contributed by atoms with Gasteiger partial charge >= 0.3 is 6.03 Å². The normalized spacial score (nSPS) is 20.5. The summed E-state index contributed by atoms with van der Waals surface area (Å²) in [6, 6.07) is 13.7. The van der Waals surface area contributed by atoms with Crippen molar-refractivity contribution >= 4 is 28.9 Å². The van der Waals surface area contributed by atoms with Crippen molar-refractivity contribution in [1.82, 2.24) is 9.80 Å². The Hall–Kier alpha value is -2.92. The van der Waals surface area contributed by atoms with E-state index in [1.54, 1.807) is 6.07 Å². The number of β-amino-alcohol motifs (C(OH)–C–C–N with tert-alkyl or cyclic N) is 1. The summed E-state index contributed by atoms with van der Waals surface area (Å²) in [6.45, 7) is 2.62. The molecule has 1 fully saturated rings. The summed E-state index contributed by atoms with van der Waals surface area (Å²) in [5.74, 6) is -0.533. The fraction of sp³-hybridized carbons (Fsp3) is 0.385. The molecule has 0 saturated carbocycles. The fourth-order valence-electron chi connectivity index (χ4n) is 4.64. The van der Waals surface area contributed by atoms with Crippen LogP contribution < -0.4 is 5.32 Å². The number of likely N-dealkylation sites (tertiary alicyclic amines) is 1. The summed E-state index contributed by atoms with van der Waals surface area (Å²) >= 11 is 5.88. The van der Waals surface area contributed by atoms with Crippen LogP contribution in [-0.4, -0.2) is 59.3 Å². The monoisotopic (exact) mass is 482 g/mol. The number of amides is 2. The van der Waals surface area contributed by atoms with E-state index in [2.05, 4.69) is 22.4 Å². The molecule has 34 heavy (non-hydrogen) atoms. The zero-order valence-corrected chi connectivity index (χ0v) is 19.6. The molecule has 0 radical (unpaired) electrons. The van der Waals surface area contributed by atoms with Crippen molar-refractivity contribution in [2.75, 3.05) is 31.5 Å². The van der Waals surface area contributed by atoms with Gasteiger partial charge in [-0.15, -0.1) is 0 Å². The molecule has 2 atom stereocenters. The molecular weight excluding hydrogens is 455 g/mol. The van der Waals surface area contributed by atoms with Crippen molar-refractivity contribution in [2.45, 2.75) is 37.8 Å². The minimum absolute atomic E-state index is 0.00588. The second-order valence-electron chi connectivity index (χ2n) is 8.85. The van der Waals surface area contributed by atoms with Crippen LogP contribution in [0.5, 0.6) is 0 Å². The van der Waals surface area contributed by atoms with E-state index in [0.29, 0.717) is 37.3 Å². The van der Waals surface area contributed by atoms with E-state index in [1.165, 1.54) is 23.8 Å². The number of rotatable bonds is 6. The maximum atomic E-state index is 13.5. The summed E-state index contributed by atoms with van der Waals surface area (Å²) < 4.78 is 13.5. The van der Waals surface area contributed by atoms with Crippen molar-refractivity contribution in [3.63, 3.8) is 0 Å². The van der Waals surface area contributed by atoms with Crippen molar-refractivity contribution < 1.29 is 14.3 Å². The molecule has 2 N–H and O–H groups in total. The summed E-state index contributed by atoms with van der Waals surface area (Å²) in [7, 11) is 0. The Bertz CT molecular complexity index is 1120. The first-order chi connectivity index (χ1) is 16.4. The minimum atomic E-state index is -0.533. The van der Waals surface area contributed by atoms with Gasteiger partial charge in [-0.05, 0) is 67.2 Å². The van der Waals surface area contributed by atoms with E-state index in [9.17, 15) is 19.6 Å². The second kappa shape index (κ2) is 11.0. The van der Waals surface area contributed by atoms with Crippen LogP contribution >= 0.6 is 11.6 Å². The molecule has 1 aliphatic heterocycles. The van der Waals surface area contributed by atoms with E-state index < -0.39 is 5.82 Å². The van der Waals surface area contributed by atoms with E-state index >= 15 is 0 Å². The number of hydrogen-bond acceptors (Lipinski definition) is 4. The van der Waals surface area contributed by atoms with Crippen molar-refractivity contribution in [3.8, 4) is 6.07 Å². The lowest BCUT2D eigenvalue weighted by Gasteiger charge is -2.35. The van der Waals surface area contributed by atoms with E-state index in [0.717, 1.165) is 31.4 Å². The molecule has 2 aliphatic rings. The highest BCUT2D eigenvalue weighted by Crippen LogP contribution is 2.30. The van der Waals surface area contributed by atoms with Gasteiger partial charge in [0.15, 0.2) is 0 Å². The standard InChI is InChI=1S/C26H28ClFN4O2/c27-24-15-21(6-9-25(24)28)30-26(34)32(13-12-31-11-10-23(33)17-31)22-7-4-19(5-8-22)20-3-1-2-18(14-20)16-29/h1-4,6,9,14-15,22-23,33H,5,7-8,10-13,17H2,(H,30,34)/t22?,23-/m1/s1. The molecule has 1 saturated heterocycles. The SMILES string of the molecule is N#Cc1cccc(C2=CCC(N(CCN3CC[C@@H](O)C3)C(=O)Nc3ccc(F)c(Cl)c3)CC2)c1. The Labute approximate surface area is 204 Å². The minimum Gasteiger partial charge on any atom is -0.392 e. The molecule has 2 aromatic carbocycles. The predicted molar refractivity (Wildman–Crippen MR) is 131 cm³/mol. The van der Waals surface area contributed by atoms with Gasteiger partial charge < -0.3 is 15.3 Å². The number of benzene rings is 2. The smallest absolute Gasteiger partial charge is 0.322 e. The number of halogens is 2. The quantitative estimate of drug-likeness (QED) is 0.614. The van der Waals surface area contributed by atoms with Crippen molar-refractivity contribution in [3.05, 3.63) is 70.5 Å². The molecule has 0 bridgehead atoms. The third kappa shape index (κ3) is 5.95. The molecule has 0 aromatic heterocycles. The molecule has 1 heterocycles. The molecule has 178 valence electrons. The fourth-order valence-corrected chi connectivity index (χ4v) is 4.82. The lowest BCUT2D eigenvalue weighted by atomic mass is 9.89. The van der Waals surface area contributed by atoms with Gasteiger partial charge in [0.2, 0.25) is 0 Å². The van der Waals surface area contributed by atoms with Gasteiger partial charge in [-0.3, -0.25) is 4.90 Å². The molecule has 8 heteroatoms. The van der Waals surface area contributed by atoms with Gasteiger partial charge in [-0.25, -0.2) is 9.18 Å². The van der Waals surface area contributed by atoms with Crippen molar-refractivity contribution in [1.29, 1.82) is 5.26 Å². The van der Waals surface area contributed by atoms with E-state index in [4.69, 9.17) is 11.6 Å². The molecular formula is C26H28ClFN4O2. The topological polar surface area (TPSA) is 79.6 Å². The van der Waals surface area contributed by atoms with Gasteiger partial charge in [0, 0.05) is 37.9 Å². The maximum Gasteiger partial charge on any atom is 0.322 e. The molecule has 2 amide bonds. The van der Waals surface area contributed by atoms with Crippen LogP contribution in [0.25, 0.3) is 5.57 Å². The van der Waals surface area contributed by atoms with Gasteiger partial charge in [0.25, 0.3) is 0 Å². The van der Waals surface area contributed by atoms with Crippen molar-refractivity contribution in [2.24, 2.45) is 0 Å². The molecule has 6 nitrogen and oxygen atoms in total. The van der Waals surface area contributed by atoms with Gasteiger partial charge in [-0.1, -0.05) is 29.8 Å². The predicted octanol–water partition coefficient (Wildman–Crippen LogP) is 4.89. The number of nitrogens with one attached hydrogen (secondary N) is 1. The highest BCUT2D eigenvalue weighted by molar-refractivity contribution is 6.31. The Kier molecular flexibility index (Phi) is 7.84. The highest BCUT2D eigenvalue weighted by atomic mass is 35.5. The highest BCUT2D eigenvalue weighted by Gasteiger charge is 2.28. The zero-order chi connectivity index (χ0) is 24.1. The lowest BCUT2D eigenvalue weighted by molar-refractivity contribution is 0.156. The first-order valence-electron chi connectivity index (χ1n) is 11.6. The lowest BCUT2D eigenvalue weighted by Crippen LogP contribution is -2.47. The first-order valence-corrected chi connectivity index (χ1v) is 11.9. The molecule has 1 aliphatic carbocycles. The van der Waals surface area contributed by atoms with Crippen LogP contribution in [0.4, 0.5) is 14.9 Å². The number of urea groups is 1. The number of carbonyl (C=O) groups is 1. The Morgan fingerprint density at radius 3 is 2.82 bits per heavy atom. The third-order valence-electron chi connectivity index (χ3n) is 6.52. The number of aliphatic hydroxyl groups is 1. The average molecular weight is 483 g/mol. The number of nitrogens with zero attached hydrogens (tertiary/aromatic N) is 3. The van der Waals surface area contributed by atoms with Crippen LogP contribution in [0.2, 0.25) is 5.02 Å². The Morgan fingerprint density at radius 2 is 2.15 bits per heavy atom. The molecule has 4 rings (SSSR count). The van der Waals surface area contributed by atoms with Crippen LogP contribution in [0.15, 0.2) is 48.5 Å². The van der Waals surface area contributed by atoms with Gasteiger partial charge in [0.05, 0.1) is 22.8 Å². The van der Waals surface area contributed by atoms with Crippen LogP contribution in [0.3, 0.4) is 0 Å². The van der Waals surface area contributed by atoms with Crippen LogP contribution in [0, 0.1) is 17.1 Å². The average Bonchev–Trinajstić information content (AvgIpc) is 3.27. The number of anilines is 1. The van der Waals surface area contributed by atoms with E-state index in [1.807, 2.05) is 23.1 Å². The maximum absolute atomic E-state index is 13.5. The van der Waals surface area contributed by atoms with Gasteiger partial charge in [-0.2, -0.15) is 5.26 Å². The molecule has 1 unspecified atom stereocenters. The zero-order valence-electron chi connectivity index (χ0n) is 18.9. The van der Waals surface area contributed by atoms with E-state index in [-0.39, 0.29) is 23.2 Å². The van der Waals surface area contributed by atoms with Crippen LogP contribution in [0.1, 0.15) is 36.8 Å². The first kappa shape index (κ1) is 24.2. The number of aliphatic hydroxyl groups excluding tert-OH is 1. The van der Waals surface area contributed by atoms with Gasteiger partial charge in [0.1, 0.15) is 5.82 Å². The Balaban J connectivity index is 1.47. The second-order valence-corrected chi connectivity index (χ2v) is 9.25. The summed E-state index contributed by atoms with van der Waals surface area (Å²) in [5.41, 5.74) is 3.30. The molecule has 0 spiro atoms. The number of nitriles is 1.